The Bertz CT molecular complexity index is 973. The molecule has 0 N–H and O–H groups in total. The van der Waals surface area contributed by atoms with Crippen molar-refractivity contribution < 1.29 is 17.9 Å². The van der Waals surface area contributed by atoms with Crippen LogP contribution in [0, 0.1) is 6.92 Å². The molecular weight excluding hydrogens is 410 g/mol. The minimum atomic E-state index is -3.10. The van der Waals surface area contributed by atoms with Gasteiger partial charge in [-0.2, -0.15) is 0 Å². The van der Waals surface area contributed by atoms with Crippen LogP contribution in [0.25, 0.3) is 0 Å². The molecule has 2 aromatic rings. The summed E-state index contributed by atoms with van der Waals surface area (Å²) in [6.07, 6.45) is 1.40. The lowest BCUT2D eigenvalue weighted by Crippen LogP contribution is -2.43. The Morgan fingerprint density at radius 3 is 2.45 bits per heavy atom. The number of halogens is 1. The van der Waals surface area contributed by atoms with Crippen molar-refractivity contribution in [2.24, 2.45) is 0 Å². The molecule has 1 heterocycles. The van der Waals surface area contributed by atoms with Crippen molar-refractivity contribution in [2.75, 3.05) is 18.1 Å². The van der Waals surface area contributed by atoms with Crippen molar-refractivity contribution in [3.8, 4) is 5.75 Å². The lowest BCUT2D eigenvalue weighted by atomic mass is 10.1. The van der Waals surface area contributed by atoms with Gasteiger partial charge in [0.25, 0.3) is 5.91 Å². The fourth-order valence-electron chi connectivity index (χ4n) is 3.45. The first-order valence-electron chi connectivity index (χ1n) is 9.74. The van der Waals surface area contributed by atoms with Gasteiger partial charge in [-0.1, -0.05) is 42.8 Å². The number of nitrogens with zero attached hydrogens (tertiary/aromatic N) is 1. The van der Waals surface area contributed by atoms with Gasteiger partial charge in [-0.25, -0.2) is 8.42 Å². The average Bonchev–Trinajstić information content (AvgIpc) is 3.06. The van der Waals surface area contributed by atoms with Gasteiger partial charge < -0.3 is 9.64 Å². The Balaban J connectivity index is 1.73. The number of carbonyl (C=O) groups excluding carboxylic acids is 1. The summed E-state index contributed by atoms with van der Waals surface area (Å²) >= 11 is 6.03. The molecule has 29 heavy (non-hydrogen) atoms. The van der Waals surface area contributed by atoms with E-state index in [9.17, 15) is 13.2 Å². The summed E-state index contributed by atoms with van der Waals surface area (Å²) in [5, 5.41) is 0.636. The van der Waals surface area contributed by atoms with Crippen molar-refractivity contribution >= 4 is 27.3 Å². The molecule has 0 aromatic heterocycles. The lowest BCUT2D eigenvalue weighted by molar-refractivity contribution is -0.136. The summed E-state index contributed by atoms with van der Waals surface area (Å²) in [7, 11) is -3.10. The van der Waals surface area contributed by atoms with Crippen molar-refractivity contribution in [3.05, 3.63) is 64.2 Å². The average molecular weight is 436 g/mol. The number of carbonyl (C=O) groups is 1. The number of ether oxygens (including phenoxy) is 1. The van der Waals surface area contributed by atoms with E-state index in [1.165, 1.54) is 5.56 Å². The van der Waals surface area contributed by atoms with Gasteiger partial charge >= 0.3 is 0 Å². The predicted octanol–water partition coefficient (Wildman–Crippen LogP) is 3.81. The zero-order valence-electron chi connectivity index (χ0n) is 16.7. The van der Waals surface area contributed by atoms with E-state index in [2.05, 4.69) is 6.92 Å². The van der Waals surface area contributed by atoms with Crippen LogP contribution in [0.2, 0.25) is 5.02 Å². The van der Waals surface area contributed by atoms with Crippen molar-refractivity contribution in [2.45, 2.75) is 39.3 Å². The number of rotatable bonds is 7. The van der Waals surface area contributed by atoms with E-state index in [4.69, 9.17) is 16.3 Å². The molecule has 1 aliphatic heterocycles. The molecule has 1 fully saturated rings. The number of benzene rings is 2. The second-order valence-electron chi connectivity index (χ2n) is 7.45. The highest BCUT2D eigenvalue weighted by atomic mass is 35.5. The fourth-order valence-corrected chi connectivity index (χ4v) is 5.30. The van der Waals surface area contributed by atoms with Crippen LogP contribution in [0.1, 0.15) is 30.0 Å². The Morgan fingerprint density at radius 2 is 1.86 bits per heavy atom. The molecule has 7 heteroatoms. The van der Waals surface area contributed by atoms with Gasteiger partial charge in [0.05, 0.1) is 11.5 Å². The molecule has 0 bridgehead atoms. The monoisotopic (exact) mass is 435 g/mol. The largest absolute Gasteiger partial charge is 0.484 e. The Morgan fingerprint density at radius 1 is 1.17 bits per heavy atom. The highest BCUT2D eigenvalue weighted by Crippen LogP contribution is 2.23. The van der Waals surface area contributed by atoms with Crippen LogP contribution in [0.3, 0.4) is 0 Å². The second kappa shape index (κ2) is 9.18. The van der Waals surface area contributed by atoms with Gasteiger partial charge in [-0.15, -0.1) is 0 Å². The van der Waals surface area contributed by atoms with E-state index < -0.39 is 9.84 Å². The van der Waals surface area contributed by atoms with Gasteiger partial charge in [0.2, 0.25) is 0 Å². The first kappa shape index (κ1) is 21.7. The SMILES string of the molecule is CCc1ccc(CN(C(=O)COc2ccc(Cl)c(C)c2)[C@@H]2CCS(=O)(=O)C2)cc1. The Hall–Kier alpha value is -2.05. The number of amides is 1. The van der Waals surface area contributed by atoms with Crippen LogP contribution in [-0.4, -0.2) is 43.4 Å². The molecule has 1 atom stereocenters. The van der Waals surface area contributed by atoms with E-state index in [1.54, 1.807) is 23.1 Å². The lowest BCUT2D eigenvalue weighted by Gasteiger charge is -2.28. The second-order valence-corrected chi connectivity index (χ2v) is 10.1. The first-order chi connectivity index (χ1) is 13.8. The molecule has 0 radical (unpaired) electrons. The van der Waals surface area contributed by atoms with Crippen LogP contribution >= 0.6 is 11.6 Å². The molecule has 156 valence electrons. The molecule has 0 saturated carbocycles. The zero-order valence-corrected chi connectivity index (χ0v) is 18.3. The van der Waals surface area contributed by atoms with Crippen LogP contribution in [0.15, 0.2) is 42.5 Å². The minimum Gasteiger partial charge on any atom is -0.484 e. The van der Waals surface area contributed by atoms with Gasteiger partial charge in [0.15, 0.2) is 16.4 Å². The highest BCUT2D eigenvalue weighted by molar-refractivity contribution is 7.91. The normalized spacial score (nSPS) is 17.8. The Kier molecular flexibility index (Phi) is 6.85. The standard InChI is InChI=1S/C22H26ClNO4S/c1-3-17-4-6-18(7-5-17)13-24(19-10-11-29(26,27)15-19)22(25)14-28-20-8-9-21(23)16(2)12-20/h4-9,12,19H,3,10-11,13-15H2,1-2H3/t19-/m1/s1. The third kappa shape index (κ3) is 5.73. The minimum absolute atomic E-state index is 0.00579. The zero-order chi connectivity index (χ0) is 21.0. The highest BCUT2D eigenvalue weighted by Gasteiger charge is 2.34. The van der Waals surface area contributed by atoms with Crippen molar-refractivity contribution in [1.29, 1.82) is 0 Å². The van der Waals surface area contributed by atoms with Crippen molar-refractivity contribution in [3.63, 3.8) is 0 Å². The number of hydrogen-bond donors (Lipinski definition) is 0. The van der Waals surface area contributed by atoms with Gasteiger partial charge in [0.1, 0.15) is 5.75 Å². The third-order valence-corrected chi connectivity index (χ3v) is 7.42. The number of hydrogen-bond acceptors (Lipinski definition) is 4. The molecule has 3 rings (SSSR count). The molecule has 5 nitrogen and oxygen atoms in total. The quantitative estimate of drug-likeness (QED) is 0.663. The van der Waals surface area contributed by atoms with E-state index in [0.29, 0.717) is 23.7 Å². The predicted molar refractivity (Wildman–Crippen MR) is 115 cm³/mol. The molecule has 0 aliphatic carbocycles. The van der Waals surface area contributed by atoms with E-state index in [-0.39, 0.29) is 30.1 Å². The van der Waals surface area contributed by atoms with E-state index >= 15 is 0 Å². The smallest absolute Gasteiger partial charge is 0.261 e. The molecule has 2 aromatic carbocycles. The number of aryl methyl sites for hydroxylation is 2. The molecule has 0 unspecified atom stereocenters. The van der Waals surface area contributed by atoms with Gasteiger partial charge in [-0.05, 0) is 54.7 Å². The van der Waals surface area contributed by atoms with E-state index in [1.807, 2.05) is 31.2 Å². The molecular formula is C22H26ClNO4S. The Labute approximate surface area is 177 Å². The molecule has 1 aliphatic rings. The summed E-state index contributed by atoms with van der Waals surface area (Å²) in [5.74, 6) is 0.463. The van der Waals surface area contributed by atoms with Crippen LogP contribution in [-0.2, 0) is 27.6 Å². The van der Waals surface area contributed by atoms with Crippen LogP contribution < -0.4 is 4.74 Å². The summed E-state index contributed by atoms with van der Waals surface area (Å²) in [4.78, 5) is 14.6. The topological polar surface area (TPSA) is 63.7 Å². The number of sulfone groups is 1. The van der Waals surface area contributed by atoms with Crippen LogP contribution in [0.4, 0.5) is 0 Å². The molecule has 0 spiro atoms. The first-order valence-corrected chi connectivity index (χ1v) is 11.9. The summed E-state index contributed by atoms with van der Waals surface area (Å²) < 4.78 is 29.6. The van der Waals surface area contributed by atoms with E-state index in [0.717, 1.165) is 17.5 Å². The third-order valence-electron chi connectivity index (χ3n) is 5.25. The maximum atomic E-state index is 13.0. The van der Waals surface area contributed by atoms with Crippen LogP contribution in [0.5, 0.6) is 5.75 Å². The molecule has 1 amide bonds. The van der Waals surface area contributed by atoms with Crippen molar-refractivity contribution in [1.82, 2.24) is 4.90 Å². The fraction of sp³-hybridized carbons (Fsp3) is 0.409. The van der Waals surface area contributed by atoms with Gasteiger partial charge in [0, 0.05) is 17.6 Å². The molecule has 1 saturated heterocycles. The summed E-state index contributed by atoms with van der Waals surface area (Å²) in [6.45, 7) is 4.17. The maximum absolute atomic E-state index is 13.0. The summed E-state index contributed by atoms with van der Waals surface area (Å²) in [5.41, 5.74) is 3.06. The van der Waals surface area contributed by atoms with Gasteiger partial charge in [-0.3, -0.25) is 4.79 Å². The maximum Gasteiger partial charge on any atom is 0.261 e. The summed E-state index contributed by atoms with van der Waals surface area (Å²) in [6, 6.07) is 13.0.